The van der Waals surface area contributed by atoms with Crippen LogP contribution in [-0.4, -0.2) is 65.3 Å². The van der Waals surface area contributed by atoms with Crippen LogP contribution in [0, 0.1) is 0 Å². The number of nitrogens with one attached hydrogen (secondary N) is 2. The number of H-pyrrole nitrogens is 1. The molecule has 0 bridgehead atoms. The molecule has 2 N–H and O–H groups in total. The van der Waals surface area contributed by atoms with Gasteiger partial charge in [0, 0.05) is 43.8 Å². The minimum Gasteiger partial charge on any atom is -0.368 e. The molecule has 3 heterocycles. The number of benzene rings is 1. The van der Waals surface area contributed by atoms with Crippen molar-refractivity contribution in [3.8, 4) is 0 Å². The maximum atomic E-state index is 12.6. The van der Waals surface area contributed by atoms with E-state index in [0.717, 1.165) is 37.4 Å². The summed E-state index contributed by atoms with van der Waals surface area (Å²) in [7, 11) is 0. The Hall–Kier alpha value is -3.40. The Bertz CT molecular complexity index is 1260. The van der Waals surface area contributed by atoms with Gasteiger partial charge in [-0.3, -0.25) is 14.5 Å². The average Bonchev–Trinajstić information content (AvgIpc) is 2.79. The van der Waals surface area contributed by atoms with Crippen LogP contribution in [0.25, 0.3) is 11.0 Å². The molecule has 0 spiro atoms. The van der Waals surface area contributed by atoms with Crippen LogP contribution in [0.2, 0.25) is 0 Å². The fraction of sp³-hybridized carbons (Fsp3) is 0.364. The van der Waals surface area contributed by atoms with E-state index in [0.29, 0.717) is 17.6 Å². The van der Waals surface area contributed by atoms with E-state index in [4.69, 9.17) is 4.11 Å². The van der Waals surface area contributed by atoms with Gasteiger partial charge in [0.15, 0.2) is 0 Å². The van der Waals surface area contributed by atoms with Crippen molar-refractivity contribution in [3.05, 3.63) is 63.8 Å². The summed E-state index contributed by atoms with van der Waals surface area (Å²) in [6.07, 6.45) is -1.75. The first-order valence-electron chi connectivity index (χ1n) is 11.6. The number of fused-ring (bicyclic) bond motifs is 1. The third kappa shape index (κ3) is 4.91. The molecule has 2 aromatic heterocycles. The van der Waals surface area contributed by atoms with Gasteiger partial charge in [0.1, 0.15) is 11.4 Å². The Morgan fingerprint density at radius 1 is 1.25 bits per heavy atom. The smallest absolute Gasteiger partial charge is 0.270 e. The van der Waals surface area contributed by atoms with Crippen molar-refractivity contribution in [1.29, 1.82) is 0 Å². The molecule has 1 saturated heterocycles. The Morgan fingerprint density at radius 3 is 2.75 bits per heavy atom. The molecule has 1 aliphatic rings. The molecule has 10 heteroatoms. The van der Waals surface area contributed by atoms with Gasteiger partial charge in [-0.25, -0.2) is 18.7 Å². The molecule has 1 amide bonds. The number of anilines is 1. The van der Waals surface area contributed by atoms with Crippen LogP contribution in [0.5, 0.6) is 0 Å². The van der Waals surface area contributed by atoms with Crippen LogP contribution in [0.1, 0.15) is 25.9 Å². The highest BCUT2D eigenvalue weighted by atomic mass is 19.3. The zero-order valence-corrected chi connectivity index (χ0v) is 17.1. The summed E-state index contributed by atoms with van der Waals surface area (Å²) in [4.78, 5) is 39.1. The predicted molar refractivity (Wildman–Crippen MR) is 117 cm³/mol. The third-order valence-electron chi connectivity index (χ3n) is 5.41. The summed E-state index contributed by atoms with van der Waals surface area (Å²) >= 11 is 0. The number of carbonyl (C=O) groups is 1. The van der Waals surface area contributed by atoms with E-state index in [9.17, 15) is 18.4 Å². The number of aromatic amines is 1. The molecule has 0 atom stereocenters. The standard InChI is InChI=1S/C22H24F2N6O2/c1-25-21(31)17-5-3-15(12-26-17)30-8-6-29(7-9-30)13-14-2-4-16-18(10-14)28-22(32)19(27-16)11-20(23)24/h2-5,10,12,20H,6-9,11,13H2,1H3,(H,25,31)(H,28,32)/i1D3. The zero-order chi connectivity index (χ0) is 25.2. The first-order chi connectivity index (χ1) is 16.6. The second-order valence-electron chi connectivity index (χ2n) is 7.58. The lowest BCUT2D eigenvalue weighted by Crippen LogP contribution is -2.46. The average molecular weight is 445 g/mol. The summed E-state index contributed by atoms with van der Waals surface area (Å²) in [5.41, 5.74) is 2.06. The van der Waals surface area contributed by atoms with Crippen LogP contribution in [0.3, 0.4) is 0 Å². The van der Waals surface area contributed by atoms with Crippen LogP contribution < -0.4 is 15.8 Å². The zero-order valence-electron chi connectivity index (χ0n) is 20.1. The first kappa shape index (κ1) is 18.2. The van der Waals surface area contributed by atoms with Crippen molar-refractivity contribution < 1.29 is 17.7 Å². The molecule has 8 nitrogen and oxygen atoms in total. The number of rotatable bonds is 6. The Kier molecular flexibility index (Phi) is 5.34. The molecule has 32 heavy (non-hydrogen) atoms. The van der Waals surface area contributed by atoms with E-state index >= 15 is 0 Å². The molecule has 3 aromatic rings. The second-order valence-corrected chi connectivity index (χ2v) is 7.58. The van der Waals surface area contributed by atoms with E-state index in [1.165, 1.54) is 6.07 Å². The lowest BCUT2D eigenvalue weighted by molar-refractivity contribution is 0.0958. The van der Waals surface area contributed by atoms with Gasteiger partial charge in [-0.15, -0.1) is 0 Å². The van der Waals surface area contributed by atoms with E-state index < -0.39 is 31.3 Å². The van der Waals surface area contributed by atoms with Gasteiger partial charge in [0.25, 0.3) is 11.5 Å². The topological polar surface area (TPSA) is 94.2 Å². The van der Waals surface area contributed by atoms with Gasteiger partial charge in [0.2, 0.25) is 6.43 Å². The molecular weight excluding hydrogens is 418 g/mol. The lowest BCUT2D eigenvalue weighted by atomic mass is 10.1. The molecule has 0 saturated carbocycles. The highest BCUT2D eigenvalue weighted by molar-refractivity contribution is 5.92. The van der Waals surface area contributed by atoms with E-state index in [2.05, 4.69) is 24.8 Å². The Balaban J connectivity index is 1.35. The molecule has 0 unspecified atom stereocenters. The van der Waals surface area contributed by atoms with E-state index in [-0.39, 0.29) is 11.4 Å². The van der Waals surface area contributed by atoms with Gasteiger partial charge in [-0.05, 0) is 29.8 Å². The number of piperazine rings is 1. The summed E-state index contributed by atoms with van der Waals surface area (Å²) in [5, 5.41) is 1.91. The fourth-order valence-corrected chi connectivity index (χ4v) is 3.75. The molecular formula is C22H24F2N6O2. The predicted octanol–water partition coefficient (Wildman–Crippen LogP) is 1.81. The molecule has 1 aromatic carbocycles. The maximum absolute atomic E-state index is 12.6. The van der Waals surface area contributed by atoms with Crippen molar-refractivity contribution in [3.63, 3.8) is 0 Å². The number of aromatic nitrogens is 3. The second kappa shape index (κ2) is 9.39. The highest BCUT2D eigenvalue weighted by Crippen LogP contribution is 2.18. The number of hydrogen-bond acceptors (Lipinski definition) is 6. The summed E-state index contributed by atoms with van der Waals surface area (Å²) < 4.78 is 46.6. The fourth-order valence-electron chi connectivity index (χ4n) is 3.75. The molecule has 0 aliphatic carbocycles. The van der Waals surface area contributed by atoms with Gasteiger partial charge in [-0.1, -0.05) is 6.07 Å². The van der Waals surface area contributed by atoms with Crippen molar-refractivity contribution in [2.75, 3.05) is 38.1 Å². The van der Waals surface area contributed by atoms with Gasteiger partial charge in [-0.2, -0.15) is 0 Å². The number of nitrogens with zero attached hydrogens (tertiary/aromatic N) is 4. The first-order valence-corrected chi connectivity index (χ1v) is 10.1. The minimum atomic E-state index is -2.63. The highest BCUT2D eigenvalue weighted by Gasteiger charge is 2.18. The number of carbonyl (C=O) groups excluding carboxylic acids is 1. The number of alkyl halides is 2. The summed E-state index contributed by atoms with van der Waals surface area (Å²) in [6.45, 7) is 1.07. The van der Waals surface area contributed by atoms with E-state index in [1.807, 2.05) is 17.4 Å². The van der Waals surface area contributed by atoms with Crippen LogP contribution in [-0.2, 0) is 13.0 Å². The number of pyridine rings is 1. The minimum absolute atomic E-state index is 0.0358. The van der Waals surface area contributed by atoms with Crippen molar-refractivity contribution in [2.45, 2.75) is 19.4 Å². The van der Waals surface area contributed by atoms with Crippen molar-refractivity contribution in [1.82, 2.24) is 25.2 Å². The Labute approximate surface area is 187 Å². The molecule has 0 radical (unpaired) electrons. The molecule has 1 fully saturated rings. The number of amides is 1. The van der Waals surface area contributed by atoms with Gasteiger partial charge >= 0.3 is 0 Å². The molecule has 4 rings (SSSR count). The van der Waals surface area contributed by atoms with Crippen LogP contribution in [0.4, 0.5) is 14.5 Å². The quantitative estimate of drug-likeness (QED) is 0.601. The van der Waals surface area contributed by atoms with E-state index in [1.54, 1.807) is 18.3 Å². The molecule has 1 aliphatic heterocycles. The summed E-state index contributed by atoms with van der Waals surface area (Å²) in [5.74, 6) is -0.751. The van der Waals surface area contributed by atoms with Crippen molar-refractivity contribution >= 4 is 22.6 Å². The largest absolute Gasteiger partial charge is 0.368 e. The third-order valence-corrected chi connectivity index (χ3v) is 5.41. The normalized spacial score (nSPS) is 16.6. The number of hydrogen-bond donors (Lipinski definition) is 2. The number of halogens is 2. The van der Waals surface area contributed by atoms with Gasteiger partial charge in [0.05, 0.1) is 29.3 Å². The maximum Gasteiger partial charge on any atom is 0.270 e. The Morgan fingerprint density at radius 2 is 2.06 bits per heavy atom. The SMILES string of the molecule is [2H]C([2H])([2H])NC(=O)c1ccc(N2CCN(Cc3ccc4nc(CC(F)F)c(=O)[nH]c4c3)CC2)cn1. The summed E-state index contributed by atoms with van der Waals surface area (Å²) in [6, 6.07) is 8.65. The van der Waals surface area contributed by atoms with Crippen LogP contribution >= 0.6 is 0 Å². The van der Waals surface area contributed by atoms with Crippen LogP contribution in [0.15, 0.2) is 41.3 Å². The monoisotopic (exact) mass is 445 g/mol. The molecule has 168 valence electrons. The van der Waals surface area contributed by atoms with Crippen molar-refractivity contribution in [2.24, 2.45) is 0 Å². The lowest BCUT2D eigenvalue weighted by Gasteiger charge is -2.36. The van der Waals surface area contributed by atoms with Gasteiger partial charge < -0.3 is 15.2 Å².